The van der Waals surface area contributed by atoms with Gasteiger partial charge in [0.25, 0.3) is 0 Å². The van der Waals surface area contributed by atoms with E-state index in [0.717, 1.165) is 4.88 Å². The van der Waals surface area contributed by atoms with Gasteiger partial charge in [-0.2, -0.15) is 0 Å². The summed E-state index contributed by atoms with van der Waals surface area (Å²) in [5.74, 6) is 0.112. The van der Waals surface area contributed by atoms with Gasteiger partial charge in [0, 0.05) is 16.6 Å². The lowest BCUT2D eigenvalue weighted by Gasteiger charge is -2.08. The van der Waals surface area contributed by atoms with Crippen LogP contribution < -0.4 is 10.5 Å². The number of halogens is 1. The zero-order valence-electron chi connectivity index (χ0n) is 10.9. The van der Waals surface area contributed by atoms with E-state index in [4.69, 9.17) is 26.8 Å². The fraction of sp³-hybridized carbons (Fsp3) is 0.214. The standard InChI is InChI=1S/C14H14ClNO3S/c1-2-18-11-6-9(5-10(16)7-11)14(17)19-8-12-3-4-13(15)20-12/h3-7H,2,8,16H2,1H3. The van der Waals surface area contributed by atoms with Crippen LogP contribution in [-0.4, -0.2) is 12.6 Å². The molecule has 0 radical (unpaired) electrons. The van der Waals surface area contributed by atoms with E-state index in [9.17, 15) is 4.79 Å². The van der Waals surface area contributed by atoms with Crippen molar-refractivity contribution in [2.24, 2.45) is 0 Å². The van der Waals surface area contributed by atoms with Crippen molar-refractivity contribution in [2.45, 2.75) is 13.5 Å². The molecule has 106 valence electrons. The summed E-state index contributed by atoms with van der Waals surface area (Å²) in [6.07, 6.45) is 0. The number of esters is 1. The van der Waals surface area contributed by atoms with Crippen molar-refractivity contribution in [2.75, 3.05) is 12.3 Å². The minimum Gasteiger partial charge on any atom is -0.494 e. The zero-order valence-corrected chi connectivity index (χ0v) is 12.5. The average Bonchev–Trinajstić information content (AvgIpc) is 2.81. The number of carbonyl (C=O) groups excluding carboxylic acids is 1. The lowest BCUT2D eigenvalue weighted by atomic mass is 10.2. The Balaban J connectivity index is 2.04. The molecule has 0 saturated carbocycles. The van der Waals surface area contributed by atoms with Crippen molar-refractivity contribution in [3.05, 3.63) is 45.1 Å². The van der Waals surface area contributed by atoms with Gasteiger partial charge in [-0.05, 0) is 31.2 Å². The summed E-state index contributed by atoms with van der Waals surface area (Å²) in [5.41, 5.74) is 6.57. The highest BCUT2D eigenvalue weighted by atomic mass is 35.5. The molecule has 2 N–H and O–H groups in total. The van der Waals surface area contributed by atoms with E-state index < -0.39 is 5.97 Å². The van der Waals surface area contributed by atoms with Gasteiger partial charge in [0.05, 0.1) is 16.5 Å². The van der Waals surface area contributed by atoms with Crippen molar-refractivity contribution < 1.29 is 14.3 Å². The van der Waals surface area contributed by atoms with Crippen molar-refractivity contribution in [3.63, 3.8) is 0 Å². The topological polar surface area (TPSA) is 61.5 Å². The molecule has 0 bridgehead atoms. The Kier molecular flexibility index (Phi) is 4.87. The molecule has 0 amide bonds. The van der Waals surface area contributed by atoms with E-state index >= 15 is 0 Å². The van der Waals surface area contributed by atoms with Crippen molar-refractivity contribution >= 4 is 34.6 Å². The van der Waals surface area contributed by atoms with Crippen LogP contribution in [0.2, 0.25) is 4.34 Å². The lowest BCUT2D eigenvalue weighted by Crippen LogP contribution is -2.06. The molecule has 0 unspecified atom stereocenters. The van der Waals surface area contributed by atoms with Crippen LogP contribution in [0.5, 0.6) is 5.75 Å². The number of rotatable bonds is 5. The first kappa shape index (κ1) is 14.7. The molecule has 2 rings (SSSR count). The molecular formula is C14H14ClNO3S. The van der Waals surface area contributed by atoms with E-state index in [1.807, 2.05) is 13.0 Å². The molecule has 20 heavy (non-hydrogen) atoms. The zero-order chi connectivity index (χ0) is 14.5. The van der Waals surface area contributed by atoms with E-state index in [2.05, 4.69) is 0 Å². The molecule has 0 saturated heterocycles. The maximum Gasteiger partial charge on any atom is 0.338 e. The molecule has 0 aliphatic carbocycles. The van der Waals surface area contributed by atoms with Crippen LogP contribution >= 0.6 is 22.9 Å². The minimum atomic E-state index is -0.442. The first-order valence-corrected chi connectivity index (χ1v) is 7.22. The lowest BCUT2D eigenvalue weighted by molar-refractivity contribution is 0.0476. The highest BCUT2D eigenvalue weighted by Crippen LogP contribution is 2.23. The Morgan fingerprint density at radius 1 is 1.35 bits per heavy atom. The number of benzene rings is 1. The molecule has 4 nitrogen and oxygen atoms in total. The normalized spacial score (nSPS) is 10.3. The second kappa shape index (κ2) is 6.63. The summed E-state index contributed by atoms with van der Waals surface area (Å²) >= 11 is 7.19. The number of anilines is 1. The summed E-state index contributed by atoms with van der Waals surface area (Å²) in [6, 6.07) is 8.43. The highest BCUT2D eigenvalue weighted by Gasteiger charge is 2.11. The quantitative estimate of drug-likeness (QED) is 0.675. The monoisotopic (exact) mass is 311 g/mol. The van der Waals surface area contributed by atoms with Gasteiger partial charge in [-0.25, -0.2) is 4.79 Å². The first-order valence-electron chi connectivity index (χ1n) is 6.03. The predicted octanol–water partition coefficient (Wildman–Crippen LogP) is 3.74. The maximum absolute atomic E-state index is 12.0. The highest BCUT2D eigenvalue weighted by molar-refractivity contribution is 7.16. The Hall–Kier alpha value is -1.72. The Labute approximate surface area is 126 Å². The average molecular weight is 312 g/mol. The van der Waals surface area contributed by atoms with Crippen LogP contribution in [-0.2, 0) is 11.3 Å². The Morgan fingerprint density at radius 3 is 2.80 bits per heavy atom. The molecule has 0 spiro atoms. The van der Waals surface area contributed by atoms with E-state index in [-0.39, 0.29) is 6.61 Å². The summed E-state index contributed by atoms with van der Waals surface area (Å²) in [7, 11) is 0. The van der Waals surface area contributed by atoms with Crippen LogP contribution in [0.3, 0.4) is 0 Å². The van der Waals surface area contributed by atoms with Gasteiger partial charge in [0.1, 0.15) is 12.4 Å². The Morgan fingerprint density at radius 2 is 2.15 bits per heavy atom. The van der Waals surface area contributed by atoms with Crippen LogP contribution in [0, 0.1) is 0 Å². The smallest absolute Gasteiger partial charge is 0.338 e. The van der Waals surface area contributed by atoms with Gasteiger partial charge in [0.2, 0.25) is 0 Å². The van der Waals surface area contributed by atoms with E-state index in [0.29, 0.717) is 27.9 Å². The van der Waals surface area contributed by atoms with Crippen LogP contribution in [0.25, 0.3) is 0 Å². The third kappa shape index (κ3) is 3.88. The van der Waals surface area contributed by atoms with Gasteiger partial charge in [-0.15, -0.1) is 11.3 Å². The number of nitrogen functional groups attached to an aromatic ring is 1. The van der Waals surface area contributed by atoms with Crippen molar-refractivity contribution in [1.82, 2.24) is 0 Å². The van der Waals surface area contributed by atoms with Crippen molar-refractivity contribution in [3.8, 4) is 5.75 Å². The molecule has 0 atom stereocenters. The number of hydrogen-bond donors (Lipinski definition) is 1. The molecule has 0 fully saturated rings. The fourth-order valence-electron chi connectivity index (χ4n) is 1.64. The van der Waals surface area contributed by atoms with Crippen molar-refractivity contribution in [1.29, 1.82) is 0 Å². The van der Waals surface area contributed by atoms with Crippen LogP contribution in [0.4, 0.5) is 5.69 Å². The molecule has 0 aliphatic heterocycles. The number of nitrogens with two attached hydrogens (primary N) is 1. The molecule has 2 aromatic rings. The third-order valence-corrected chi connectivity index (χ3v) is 3.65. The number of thiophene rings is 1. The molecule has 1 aromatic carbocycles. The van der Waals surface area contributed by atoms with E-state index in [1.54, 1.807) is 24.3 Å². The van der Waals surface area contributed by atoms with Gasteiger partial charge in [0.15, 0.2) is 0 Å². The maximum atomic E-state index is 12.0. The Bertz CT molecular complexity index is 612. The number of hydrogen-bond acceptors (Lipinski definition) is 5. The summed E-state index contributed by atoms with van der Waals surface area (Å²) in [6.45, 7) is 2.56. The molecule has 1 heterocycles. The summed E-state index contributed by atoms with van der Waals surface area (Å²) < 4.78 is 11.2. The molecule has 6 heteroatoms. The van der Waals surface area contributed by atoms with E-state index in [1.165, 1.54) is 11.3 Å². The van der Waals surface area contributed by atoms with Gasteiger partial charge < -0.3 is 15.2 Å². The predicted molar refractivity (Wildman–Crippen MR) is 80.5 cm³/mol. The van der Waals surface area contributed by atoms with Crippen LogP contribution in [0.15, 0.2) is 30.3 Å². The van der Waals surface area contributed by atoms with Gasteiger partial charge >= 0.3 is 5.97 Å². The third-order valence-electron chi connectivity index (χ3n) is 2.45. The summed E-state index contributed by atoms with van der Waals surface area (Å²) in [4.78, 5) is 12.9. The summed E-state index contributed by atoms with van der Waals surface area (Å²) in [5, 5.41) is 0. The number of ether oxygens (including phenoxy) is 2. The second-order valence-corrected chi connectivity index (χ2v) is 5.81. The molecule has 0 aliphatic rings. The SMILES string of the molecule is CCOc1cc(N)cc(C(=O)OCc2ccc(Cl)s2)c1. The largest absolute Gasteiger partial charge is 0.494 e. The molecule has 1 aromatic heterocycles. The minimum absolute atomic E-state index is 0.189. The molecular weight excluding hydrogens is 298 g/mol. The van der Waals surface area contributed by atoms with Crippen LogP contribution in [0.1, 0.15) is 22.2 Å². The number of carbonyl (C=O) groups is 1. The van der Waals surface area contributed by atoms with Gasteiger partial charge in [-0.3, -0.25) is 0 Å². The fourth-order valence-corrected chi connectivity index (χ4v) is 2.64. The second-order valence-electron chi connectivity index (χ2n) is 4.01. The van der Waals surface area contributed by atoms with Gasteiger partial charge in [-0.1, -0.05) is 11.6 Å². The first-order chi connectivity index (χ1) is 9.58.